The van der Waals surface area contributed by atoms with E-state index < -0.39 is 5.91 Å². The first-order valence-electron chi connectivity index (χ1n) is 9.18. The minimum Gasteiger partial charge on any atom is -0.494 e. The van der Waals surface area contributed by atoms with E-state index in [9.17, 15) is 9.59 Å². The minimum atomic E-state index is -0.477. The Morgan fingerprint density at radius 1 is 1.32 bits per heavy atom. The Bertz CT molecular complexity index is 906. The van der Waals surface area contributed by atoms with Gasteiger partial charge in [-0.15, -0.1) is 11.3 Å². The third-order valence-electron chi connectivity index (χ3n) is 4.64. The zero-order valence-corrected chi connectivity index (χ0v) is 17.5. The van der Waals surface area contributed by atoms with Gasteiger partial charge in [-0.1, -0.05) is 6.92 Å². The monoisotopic (exact) mass is 417 g/mol. The van der Waals surface area contributed by atoms with Crippen molar-refractivity contribution in [2.45, 2.75) is 33.1 Å². The first kappa shape index (κ1) is 20.3. The number of anilines is 1. The largest absolute Gasteiger partial charge is 0.494 e. The SMILES string of the molecule is CCOc1ccc(C(=O)NC(=S)Nc2sc3c(c2C(N)=O)CCC(C)C3)cc1. The number of primary amides is 1. The standard InChI is InChI=1S/C20H23N3O3S2/c1-3-26-13-7-5-12(6-8-13)18(25)22-20(27)23-19-16(17(21)24)14-9-4-11(2)10-15(14)28-19/h5-8,11H,3-4,9-10H2,1-2H3,(H2,21,24)(H2,22,23,25,27). The van der Waals surface area contributed by atoms with Crippen LogP contribution in [-0.4, -0.2) is 23.5 Å². The Morgan fingerprint density at radius 2 is 2.04 bits per heavy atom. The van der Waals surface area contributed by atoms with Crippen molar-refractivity contribution < 1.29 is 14.3 Å². The molecule has 1 heterocycles. The summed E-state index contributed by atoms with van der Waals surface area (Å²) in [5.41, 5.74) is 7.57. The Hall–Kier alpha value is -2.45. The van der Waals surface area contributed by atoms with E-state index in [1.807, 2.05) is 6.92 Å². The fourth-order valence-corrected chi connectivity index (χ4v) is 4.96. The summed E-state index contributed by atoms with van der Waals surface area (Å²) < 4.78 is 5.37. The highest BCUT2D eigenvalue weighted by molar-refractivity contribution is 7.80. The van der Waals surface area contributed by atoms with Gasteiger partial charge >= 0.3 is 0 Å². The van der Waals surface area contributed by atoms with Crippen LogP contribution in [0.15, 0.2) is 24.3 Å². The van der Waals surface area contributed by atoms with E-state index in [0.717, 1.165) is 29.7 Å². The molecule has 3 rings (SSSR count). The molecule has 4 N–H and O–H groups in total. The van der Waals surface area contributed by atoms with E-state index in [2.05, 4.69) is 17.6 Å². The van der Waals surface area contributed by atoms with Gasteiger partial charge in [0, 0.05) is 10.4 Å². The molecule has 2 aromatic rings. The Balaban J connectivity index is 1.71. The van der Waals surface area contributed by atoms with Crippen LogP contribution in [0.4, 0.5) is 5.00 Å². The quantitative estimate of drug-likeness (QED) is 0.648. The first-order valence-corrected chi connectivity index (χ1v) is 10.4. The number of rotatable bonds is 5. The summed E-state index contributed by atoms with van der Waals surface area (Å²) in [6, 6.07) is 6.80. The van der Waals surface area contributed by atoms with Crippen molar-refractivity contribution in [3.8, 4) is 5.75 Å². The topological polar surface area (TPSA) is 93.4 Å². The number of benzene rings is 1. The molecule has 0 bridgehead atoms. The van der Waals surface area contributed by atoms with Gasteiger partial charge in [0.15, 0.2) is 5.11 Å². The summed E-state index contributed by atoms with van der Waals surface area (Å²) in [5.74, 6) is 0.460. The number of thiocarbonyl (C=S) groups is 1. The molecule has 0 aliphatic heterocycles. The maximum absolute atomic E-state index is 12.4. The second-order valence-electron chi connectivity index (χ2n) is 6.79. The Labute approximate surface area is 173 Å². The molecule has 1 unspecified atom stereocenters. The highest BCUT2D eigenvalue weighted by atomic mass is 32.1. The number of hydrogen-bond acceptors (Lipinski definition) is 5. The third kappa shape index (κ3) is 4.51. The van der Waals surface area contributed by atoms with E-state index in [4.69, 9.17) is 22.7 Å². The van der Waals surface area contributed by atoms with Gasteiger partial charge in [0.25, 0.3) is 11.8 Å². The molecule has 1 aromatic carbocycles. The van der Waals surface area contributed by atoms with Crippen molar-refractivity contribution in [1.29, 1.82) is 0 Å². The summed E-state index contributed by atoms with van der Waals surface area (Å²) in [4.78, 5) is 25.6. The van der Waals surface area contributed by atoms with Crippen LogP contribution >= 0.6 is 23.6 Å². The van der Waals surface area contributed by atoms with E-state index in [1.54, 1.807) is 24.3 Å². The van der Waals surface area contributed by atoms with Crippen molar-refractivity contribution in [3.63, 3.8) is 0 Å². The van der Waals surface area contributed by atoms with Crippen LogP contribution in [0, 0.1) is 5.92 Å². The molecule has 1 aromatic heterocycles. The molecule has 1 aliphatic rings. The number of amides is 2. The van der Waals surface area contributed by atoms with Crippen LogP contribution in [0.1, 0.15) is 51.4 Å². The van der Waals surface area contributed by atoms with Crippen LogP contribution in [0.2, 0.25) is 0 Å². The van der Waals surface area contributed by atoms with E-state index in [0.29, 0.717) is 34.4 Å². The van der Waals surface area contributed by atoms with Gasteiger partial charge < -0.3 is 15.8 Å². The van der Waals surface area contributed by atoms with Crippen LogP contribution in [0.5, 0.6) is 5.75 Å². The molecule has 2 amide bonds. The van der Waals surface area contributed by atoms with Gasteiger partial charge in [-0.2, -0.15) is 0 Å². The number of ether oxygens (including phenoxy) is 1. The fourth-order valence-electron chi connectivity index (χ4n) is 3.28. The molecule has 0 saturated carbocycles. The molecule has 0 radical (unpaired) electrons. The molecule has 1 atom stereocenters. The molecule has 6 nitrogen and oxygen atoms in total. The fraction of sp³-hybridized carbons (Fsp3) is 0.350. The summed E-state index contributed by atoms with van der Waals surface area (Å²) >= 11 is 6.76. The maximum Gasteiger partial charge on any atom is 0.257 e. The summed E-state index contributed by atoms with van der Waals surface area (Å²) in [5, 5.41) is 6.37. The molecule has 0 fully saturated rings. The van der Waals surface area contributed by atoms with Gasteiger partial charge in [-0.25, -0.2) is 0 Å². The second kappa shape index (κ2) is 8.70. The molecule has 8 heteroatoms. The lowest BCUT2D eigenvalue weighted by Crippen LogP contribution is -2.34. The number of carbonyl (C=O) groups is 2. The summed E-state index contributed by atoms with van der Waals surface area (Å²) in [6.45, 7) is 4.65. The number of carbonyl (C=O) groups excluding carboxylic acids is 2. The number of fused-ring (bicyclic) bond motifs is 1. The van der Waals surface area contributed by atoms with Crippen molar-refractivity contribution >= 4 is 45.5 Å². The van der Waals surface area contributed by atoms with Gasteiger partial charge in [-0.05, 0) is 74.2 Å². The first-order chi connectivity index (χ1) is 13.4. The van der Waals surface area contributed by atoms with E-state index in [1.165, 1.54) is 11.3 Å². The van der Waals surface area contributed by atoms with Crippen LogP contribution in [-0.2, 0) is 12.8 Å². The molecule has 0 spiro atoms. The number of nitrogens with one attached hydrogen (secondary N) is 2. The molecule has 148 valence electrons. The van der Waals surface area contributed by atoms with Crippen molar-refractivity contribution in [1.82, 2.24) is 5.32 Å². The minimum absolute atomic E-state index is 0.132. The lowest BCUT2D eigenvalue weighted by molar-refractivity contribution is 0.0975. The number of hydrogen-bond donors (Lipinski definition) is 3. The van der Waals surface area contributed by atoms with Crippen molar-refractivity contribution in [2.75, 3.05) is 11.9 Å². The lowest BCUT2D eigenvalue weighted by atomic mass is 9.88. The van der Waals surface area contributed by atoms with Crippen molar-refractivity contribution in [3.05, 3.63) is 45.8 Å². The smallest absolute Gasteiger partial charge is 0.257 e. The molecular weight excluding hydrogens is 394 g/mol. The highest BCUT2D eigenvalue weighted by Crippen LogP contribution is 2.39. The highest BCUT2D eigenvalue weighted by Gasteiger charge is 2.27. The average molecular weight is 418 g/mol. The molecule has 0 saturated heterocycles. The predicted octanol–water partition coefficient (Wildman–Crippen LogP) is 3.50. The molecular formula is C20H23N3O3S2. The third-order valence-corrected chi connectivity index (χ3v) is 6.01. The second-order valence-corrected chi connectivity index (χ2v) is 8.30. The summed E-state index contributed by atoms with van der Waals surface area (Å²) in [6.07, 6.45) is 2.79. The van der Waals surface area contributed by atoms with E-state index >= 15 is 0 Å². The van der Waals surface area contributed by atoms with Crippen LogP contribution < -0.4 is 21.1 Å². The Morgan fingerprint density at radius 3 is 2.68 bits per heavy atom. The van der Waals surface area contributed by atoms with Gasteiger partial charge in [-0.3, -0.25) is 14.9 Å². The lowest BCUT2D eigenvalue weighted by Gasteiger charge is -2.18. The van der Waals surface area contributed by atoms with Crippen molar-refractivity contribution in [2.24, 2.45) is 11.7 Å². The molecule has 1 aliphatic carbocycles. The van der Waals surface area contributed by atoms with Crippen LogP contribution in [0.25, 0.3) is 0 Å². The summed E-state index contributed by atoms with van der Waals surface area (Å²) in [7, 11) is 0. The van der Waals surface area contributed by atoms with E-state index in [-0.39, 0.29) is 11.0 Å². The molecule has 28 heavy (non-hydrogen) atoms. The van der Waals surface area contributed by atoms with Gasteiger partial charge in [0.2, 0.25) is 0 Å². The number of nitrogens with two attached hydrogens (primary N) is 1. The maximum atomic E-state index is 12.4. The van der Waals surface area contributed by atoms with Gasteiger partial charge in [0.1, 0.15) is 10.8 Å². The number of thiophene rings is 1. The average Bonchev–Trinajstić information content (AvgIpc) is 2.99. The normalized spacial score (nSPS) is 15.4. The predicted molar refractivity (Wildman–Crippen MR) is 115 cm³/mol. The van der Waals surface area contributed by atoms with Crippen LogP contribution in [0.3, 0.4) is 0 Å². The van der Waals surface area contributed by atoms with Gasteiger partial charge in [0.05, 0.1) is 12.2 Å². The Kier molecular flexibility index (Phi) is 6.31. The zero-order valence-electron chi connectivity index (χ0n) is 15.8. The zero-order chi connectivity index (χ0) is 20.3.